The summed E-state index contributed by atoms with van der Waals surface area (Å²) in [6.45, 7) is 4.51. The number of carbonyl (C=O) groups is 2. The maximum atomic E-state index is 9.86. The van der Waals surface area contributed by atoms with Crippen LogP contribution in [-0.2, 0) is 9.59 Å². The van der Waals surface area contributed by atoms with Crippen LogP contribution in [0.1, 0.15) is 65.2 Å². The fourth-order valence-electron chi connectivity index (χ4n) is 1.24. The predicted molar refractivity (Wildman–Crippen MR) is 66.3 cm³/mol. The Kier molecular flexibility index (Phi) is 32.1. The van der Waals surface area contributed by atoms with E-state index >= 15 is 0 Å². The van der Waals surface area contributed by atoms with Crippen molar-refractivity contribution < 1.29 is 78.9 Å². The molecule has 7 heteroatoms. The van der Waals surface area contributed by atoms with Gasteiger partial charge in [0.2, 0.25) is 0 Å². The van der Waals surface area contributed by atoms with Gasteiger partial charge in [0.05, 0.1) is 5.97 Å². The van der Waals surface area contributed by atoms with Gasteiger partial charge < -0.3 is 25.5 Å². The molecule has 0 radical (unpaired) electrons. The summed E-state index contributed by atoms with van der Waals surface area (Å²) in [5.41, 5.74) is 4.91. The molecule has 2 N–H and O–H groups in total. The van der Waals surface area contributed by atoms with Crippen molar-refractivity contribution in [3.05, 3.63) is 0 Å². The van der Waals surface area contributed by atoms with Crippen LogP contribution in [0.4, 0.5) is 0 Å². The number of unbranched alkanes of at least 4 members (excludes halogenated alkanes) is 5. The molecule has 108 valence electrons. The summed E-state index contributed by atoms with van der Waals surface area (Å²) in [7, 11) is 0. The minimum Gasteiger partial charge on any atom is -0.550 e. The number of nitrogens with two attached hydrogens (primary N) is 1. The van der Waals surface area contributed by atoms with Gasteiger partial charge in [0, 0.05) is 12.0 Å². The van der Waals surface area contributed by atoms with Crippen molar-refractivity contribution in [2.45, 2.75) is 71.3 Å². The maximum Gasteiger partial charge on any atom is 1.00 e. The monoisotopic (exact) mass is 305 g/mol. The number of carbonyl (C=O) groups excluding carboxylic acids is 2. The molecule has 0 aliphatic rings. The van der Waals surface area contributed by atoms with Crippen molar-refractivity contribution >= 4 is 11.9 Å². The Morgan fingerprint density at radius 2 is 1.35 bits per heavy atom. The Morgan fingerprint density at radius 3 is 1.60 bits per heavy atom. The number of rotatable bonds is 9. The summed E-state index contributed by atoms with van der Waals surface area (Å²) >= 11 is 0. The first-order chi connectivity index (χ1) is 8.45. The molecule has 0 aromatic rings. The van der Waals surface area contributed by atoms with Crippen LogP contribution in [0.3, 0.4) is 0 Å². The number of aliphatic carboxylic acids is 2. The summed E-state index contributed by atoms with van der Waals surface area (Å²) in [5.74, 6) is -2.75. The van der Waals surface area contributed by atoms with Crippen molar-refractivity contribution in [2.24, 2.45) is 5.73 Å². The normalized spacial score (nSPS) is 10.2. The Bertz CT molecular complexity index is 222. The van der Waals surface area contributed by atoms with Crippen LogP contribution in [0.15, 0.2) is 0 Å². The van der Waals surface area contributed by atoms with E-state index in [9.17, 15) is 19.8 Å². The van der Waals surface area contributed by atoms with Crippen LogP contribution in [0, 0.1) is 0 Å². The molecule has 0 aromatic carbocycles. The van der Waals surface area contributed by atoms with Gasteiger partial charge in [0.1, 0.15) is 0 Å². The number of hydrogen-bond donors (Lipinski definition) is 1. The molecule has 0 amide bonds. The Labute approximate surface area is 166 Å². The summed E-state index contributed by atoms with van der Waals surface area (Å²) in [6.07, 6.45) is 7.99. The average Bonchev–Trinajstić information content (AvgIpc) is 2.32. The molecule has 0 bridgehead atoms. The summed E-state index contributed by atoms with van der Waals surface area (Å²) in [5, 5.41) is 19.6. The molecule has 1 atom stereocenters. The van der Waals surface area contributed by atoms with Gasteiger partial charge in [-0.3, -0.25) is 0 Å². The SMILES string of the molecule is CCCCCCCC.N[C@@H](CCC(=O)[O-])C(=O)[O-].[Na+].[Na+]. The second-order valence-corrected chi connectivity index (χ2v) is 4.25. The number of carboxylic acids is 2. The maximum absolute atomic E-state index is 9.86. The van der Waals surface area contributed by atoms with Crippen molar-refractivity contribution in [1.29, 1.82) is 0 Å². The molecular weight excluding hydrogens is 280 g/mol. The van der Waals surface area contributed by atoms with E-state index in [-0.39, 0.29) is 72.0 Å². The molecule has 0 spiro atoms. The van der Waals surface area contributed by atoms with E-state index in [2.05, 4.69) is 13.8 Å². The van der Waals surface area contributed by atoms with E-state index in [4.69, 9.17) is 5.73 Å². The molecule has 0 rings (SSSR count). The van der Waals surface area contributed by atoms with E-state index in [0.29, 0.717) is 0 Å². The third-order valence-electron chi connectivity index (χ3n) is 2.42. The number of hydrogen-bond acceptors (Lipinski definition) is 5. The van der Waals surface area contributed by atoms with Gasteiger partial charge in [0.25, 0.3) is 0 Å². The summed E-state index contributed by atoms with van der Waals surface area (Å²) in [4.78, 5) is 19.6. The van der Waals surface area contributed by atoms with E-state index in [1.54, 1.807) is 0 Å². The van der Waals surface area contributed by atoms with Crippen LogP contribution in [0.5, 0.6) is 0 Å². The molecular formula is C13H25NNa2O4. The average molecular weight is 305 g/mol. The van der Waals surface area contributed by atoms with Crippen molar-refractivity contribution in [2.75, 3.05) is 0 Å². The molecule has 0 heterocycles. The molecule has 0 unspecified atom stereocenters. The standard InChI is InChI=1S/C8H18.C5H9NO4.2Na/c1-3-5-7-8-6-4-2;6-3(5(9)10)1-2-4(7)8;;/h3-8H2,1-2H3;3H,1-2,6H2,(H,7,8)(H,9,10);;/q;;2*+1/p-2/t;3-;;/m.0../s1. The van der Waals surface area contributed by atoms with Gasteiger partial charge >= 0.3 is 59.1 Å². The van der Waals surface area contributed by atoms with Gasteiger partial charge in [-0.25, -0.2) is 0 Å². The second-order valence-electron chi connectivity index (χ2n) is 4.25. The zero-order valence-electron chi connectivity index (χ0n) is 13.4. The van der Waals surface area contributed by atoms with Crippen LogP contribution >= 0.6 is 0 Å². The first kappa shape index (κ1) is 29.0. The van der Waals surface area contributed by atoms with Gasteiger partial charge in [-0.1, -0.05) is 52.4 Å². The molecule has 0 fully saturated rings. The van der Waals surface area contributed by atoms with E-state index in [1.165, 1.54) is 38.5 Å². The zero-order chi connectivity index (χ0) is 14.4. The smallest absolute Gasteiger partial charge is 0.550 e. The summed E-state index contributed by atoms with van der Waals surface area (Å²) < 4.78 is 0. The van der Waals surface area contributed by atoms with E-state index in [1.807, 2.05) is 0 Å². The van der Waals surface area contributed by atoms with E-state index in [0.717, 1.165) is 0 Å². The topological polar surface area (TPSA) is 106 Å². The third-order valence-corrected chi connectivity index (χ3v) is 2.42. The Balaban J connectivity index is -0.000000119. The Morgan fingerprint density at radius 1 is 0.950 bits per heavy atom. The zero-order valence-corrected chi connectivity index (χ0v) is 17.4. The van der Waals surface area contributed by atoms with Gasteiger partial charge in [-0.05, 0) is 12.8 Å². The molecule has 0 aromatic heterocycles. The van der Waals surface area contributed by atoms with Crippen LogP contribution in [0.2, 0.25) is 0 Å². The molecule has 0 saturated heterocycles. The molecule has 0 aliphatic heterocycles. The van der Waals surface area contributed by atoms with Gasteiger partial charge in [-0.2, -0.15) is 0 Å². The van der Waals surface area contributed by atoms with E-state index < -0.39 is 18.0 Å². The minimum absolute atomic E-state index is 0. The fraction of sp³-hybridized carbons (Fsp3) is 0.846. The fourth-order valence-corrected chi connectivity index (χ4v) is 1.24. The minimum atomic E-state index is -1.44. The molecule has 0 saturated carbocycles. The van der Waals surface area contributed by atoms with Crippen LogP contribution < -0.4 is 75.1 Å². The first-order valence-corrected chi connectivity index (χ1v) is 6.61. The molecule has 0 aliphatic carbocycles. The van der Waals surface area contributed by atoms with Crippen molar-refractivity contribution in [3.8, 4) is 0 Å². The largest absolute Gasteiger partial charge is 1.00 e. The molecule has 5 nitrogen and oxygen atoms in total. The Hall–Kier alpha value is 0.900. The first-order valence-electron chi connectivity index (χ1n) is 6.61. The predicted octanol–water partition coefficient (Wildman–Crippen LogP) is -6.03. The van der Waals surface area contributed by atoms with Crippen LogP contribution in [-0.4, -0.2) is 18.0 Å². The van der Waals surface area contributed by atoms with Crippen molar-refractivity contribution in [1.82, 2.24) is 0 Å². The van der Waals surface area contributed by atoms with Crippen LogP contribution in [0.25, 0.3) is 0 Å². The van der Waals surface area contributed by atoms with Crippen molar-refractivity contribution in [3.63, 3.8) is 0 Å². The van der Waals surface area contributed by atoms with Gasteiger partial charge in [-0.15, -0.1) is 0 Å². The quantitative estimate of drug-likeness (QED) is 0.337. The molecule has 20 heavy (non-hydrogen) atoms. The third kappa shape index (κ3) is 27.3. The summed E-state index contributed by atoms with van der Waals surface area (Å²) in [6, 6.07) is -1.21. The number of carboxylic acid groups (broad SMARTS) is 2. The van der Waals surface area contributed by atoms with Gasteiger partial charge in [0.15, 0.2) is 0 Å². The second kappa shape index (κ2) is 22.2.